The van der Waals surface area contributed by atoms with Gasteiger partial charge in [0.2, 0.25) is 5.88 Å². The van der Waals surface area contributed by atoms with E-state index in [1.165, 1.54) is 13.5 Å². The number of carbonyl (C=O) groups is 1. The Labute approximate surface area is 146 Å². The van der Waals surface area contributed by atoms with E-state index in [1.807, 2.05) is 6.20 Å². The van der Waals surface area contributed by atoms with Crippen LogP contribution < -0.4 is 9.64 Å². The number of esters is 1. The van der Waals surface area contributed by atoms with Gasteiger partial charge >= 0.3 is 5.97 Å². The van der Waals surface area contributed by atoms with Crippen LogP contribution in [0.15, 0.2) is 24.5 Å². The number of piperidine rings is 1. The molecule has 0 amide bonds. The first kappa shape index (κ1) is 15.9. The number of pyridine rings is 1. The molecule has 132 valence electrons. The molecule has 3 heterocycles. The molecule has 1 aliphatic heterocycles. The van der Waals surface area contributed by atoms with Crippen LogP contribution in [0.1, 0.15) is 29.3 Å². The maximum Gasteiger partial charge on any atom is 0.345 e. The van der Waals surface area contributed by atoms with E-state index >= 15 is 0 Å². The Balaban J connectivity index is 1.45. The minimum atomic E-state index is -0.424. The van der Waals surface area contributed by atoms with Crippen molar-refractivity contribution >= 4 is 11.8 Å². The molecule has 4 rings (SSSR count). The maximum absolute atomic E-state index is 11.9. The van der Waals surface area contributed by atoms with Gasteiger partial charge in [-0.25, -0.2) is 9.78 Å². The highest BCUT2D eigenvalue weighted by Gasteiger charge is 2.45. The number of fused-ring (bicyclic) bond motifs is 1. The molecule has 1 saturated carbocycles. The summed E-state index contributed by atoms with van der Waals surface area (Å²) in [4.78, 5) is 18.9. The lowest BCUT2D eigenvalue weighted by atomic mass is 10.2. The summed E-state index contributed by atoms with van der Waals surface area (Å²) < 4.78 is 11.9. The van der Waals surface area contributed by atoms with Crippen molar-refractivity contribution in [2.75, 3.05) is 31.7 Å². The molecule has 0 N–H and O–H groups in total. The summed E-state index contributed by atoms with van der Waals surface area (Å²) in [6.07, 6.45) is 4.91. The summed E-state index contributed by atoms with van der Waals surface area (Å²) in [5.74, 6) is 2.67. The van der Waals surface area contributed by atoms with Crippen LogP contribution in [0.3, 0.4) is 0 Å². The Morgan fingerprint density at radius 1 is 1.32 bits per heavy atom. The van der Waals surface area contributed by atoms with Gasteiger partial charge in [0.05, 0.1) is 20.3 Å². The van der Waals surface area contributed by atoms with E-state index in [0.717, 1.165) is 36.3 Å². The highest BCUT2D eigenvalue weighted by Crippen LogP contribution is 2.45. The quantitative estimate of drug-likeness (QED) is 0.748. The van der Waals surface area contributed by atoms with E-state index in [4.69, 9.17) is 9.47 Å². The molecule has 2 aromatic rings. The number of hydrogen-bond acceptors (Lipinski definition) is 6. The lowest BCUT2D eigenvalue weighted by Crippen LogP contribution is -2.22. The van der Waals surface area contributed by atoms with Gasteiger partial charge in [0.1, 0.15) is 11.4 Å². The molecule has 0 spiro atoms. The second kappa shape index (κ2) is 6.38. The molecule has 2 aliphatic rings. The van der Waals surface area contributed by atoms with Crippen molar-refractivity contribution in [3.8, 4) is 5.88 Å². The summed E-state index contributed by atoms with van der Waals surface area (Å²) >= 11 is 0. The fourth-order valence-corrected chi connectivity index (χ4v) is 3.45. The third-order valence-electron chi connectivity index (χ3n) is 4.87. The van der Waals surface area contributed by atoms with Gasteiger partial charge in [0.15, 0.2) is 0 Å². The SMILES string of the molecule is CCOC(=O)c1cn(Cc2ccc(N3CC4C[C@@H]4C3)nc2)nc1OC. The Morgan fingerprint density at radius 3 is 2.76 bits per heavy atom. The zero-order chi connectivity index (χ0) is 17.4. The molecular weight excluding hydrogens is 320 g/mol. The van der Waals surface area contributed by atoms with E-state index in [9.17, 15) is 4.79 Å². The predicted octanol–water partition coefficient (Wildman–Crippen LogP) is 1.97. The molecule has 0 aromatic carbocycles. The van der Waals surface area contributed by atoms with E-state index in [-0.39, 0.29) is 5.88 Å². The number of ether oxygens (including phenoxy) is 2. The van der Waals surface area contributed by atoms with Crippen LogP contribution in [0, 0.1) is 11.8 Å². The molecule has 7 nitrogen and oxygen atoms in total. The van der Waals surface area contributed by atoms with Crippen molar-refractivity contribution in [2.24, 2.45) is 11.8 Å². The van der Waals surface area contributed by atoms with Crippen LogP contribution in [-0.2, 0) is 11.3 Å². The van der Waals surface area contributed by atoms with Gasteiger partial charge in [-0.05, 0) is 36.8 Å². The predicted molar refractivity (Wildman–Crippen MR) is 91.9 cm³/mol. The number of nitrogens with zero attached hydrogens (tertiary/aromatic N) is 4. The molecule has 7 heteroatoms. The average Bonchev–Trinajstić information content (AvgIpc) is 3.05. The van der Waals surface area contributed by atoms with E-state index in [0.29, 0.717) is 18.7 Å². The number of anilines is 1. The van der Waals surface area contributed by atoms with Gasteiger partial charge in [-0.2, -0.15) is 0 Å². The number of methoxy groups -OCH3 is 1. The largest absolute Gasteiger partial charge is 0.479 e. The van der Waals surface area contributed by atoms with E-state index in [1.54, 1.807) is 17.8 Å². The topological polar surface area (TPSA) is 69.5 Å². The highest BCUT2D eigenvalue weighted by atomic mass is 16.5. The average molecular weight is 342 g/mol. The summed E-state index contributed by atoms with van der Waals surface area (Å²) in [5, 5.41) is 4.30. The fraction of sp³-hybridized carbons (Fsp3) is 0.500. The second-order valence-corrected chi connectivity index (χ2v) is 6.66. The van der Waals surface area contributed by atoms with Gasteiger partial charge in [-0.1, -0.05) is 6.07 Å². The summed E-state index contributed by atoms with van der Waals surface area (Å²) in [6.45, 7) is 4.88. The van der Waals surface area contributed by atoms with Crippen LogP contribution in [0.25, 0.3) is 0 Å². The van der Waals surface area contributed by atoms with Crippen molar-refractivity contribution < 1.29 is 14.3 Å². The maximum atomic E-state index is 11.9. The van der Waals surface area contributed by atoms with Crippen molar-refractivity contribution in [1.29, 1.82) is 0 Å². The number of rotatable bonds is 6. The van der Waals surface area contributed by atoms with Gasteiger partial charge in [0.25, 0.3) is 0 Å². The number of hydrogen-bond donors (Lipinski definition) is 0. The zero-order valence-electron chi connectivity index (χ0n) is 14.5. The molecule has 1 saturated heterocycles. The van der Waals surface area contributed by atoms with Crippen molar-refractivity contribution in [3.05, 3.63) is 35.7 Å². The second-order valence-electron chi connectivity index (χ2n) is 6.66. The summed E-state index contributed by atoms with van der Waals surface area (Å²) in [5.41, 5.74) is 1.36. The molecule has 1 aliphatic carbocycles. The van der Waals surface area contributed by atoms with Crippen LogP contribution in [0.5, 0.6) is 5.88 Å². The lowest BCUT2D eigenvalue weighted by molar-refractivity contribution is 0.0522. The van der Waals surface area contributed by atoms with Crippen LogP contribution >= 0.6 is 0 Å². The Hall–Kier alpha value is -2.57. The number of carbonyl (C=O) groups excluding carboxylic acids is 1. The van der Waals surface area contributed by atoms with Gasteiger partial charge in [-0.3, -0.25) is 4.68 Å². The van der Waals surface area contributed by atoms with Crippen LogP contribution in [0.2, 0.25) is 0 Å². The van der Waals surface area contributed by atoms with Crippen LogP contribution in [-0.4, -0.2) is 47.5 Å². The van der Waals surface area contributed by atoms with Gasteiger partial charge in [0, 0.05) is 25.5 Å². The van der Waals surface area contributed by atoms with Crippen molar-refractivity contribution in [1.82, 2.24) is 14.8 Å². The van der Waals surface area contributed by atoms with Gasteiger partial charge < -0.3 is 14.4 Å². The summed E-state index contributed by atoms with van der Waals surface area (Å²) in [7, 11) is 1.49. The minimum Gasteiger partial charge on any atom is -0.479 e. The number of aromatic nitrogens is 3. The molecule has 25 heavy (non-hydrogen) atoms. The molecule has 1 unspecified atom stereocenters. The minimum absolute atomic E-state index is 0.277. The molecule has 2 aromatic heterocycles. The Kier molecular flexibility index (Phi) is 4.07. The lowest BCUT2D eigenvalue weighted by Gasteiger charge is -2.18. The third kappa shape index (κ3) is 3.18. The fourth-order valence-electron chi connectivity index (χ4n) is 3.45. The van der Waals surface area contributed by atoms with Crippen molar-refractivity contribution in [3.63, 3.8) is 0 Å². The van der Waals surface area contributed by atoms with Crippen LogP contribution in [0.4, 0.5) is 5.82 Å². The highest BCUT2D eigenvalue weighted by molar-refractivity contribution is 5.91. The molecule has 2 atom stereocenters. The first-order valence-electron chi connectivity index (χ1n) is 8.66. The Bertz CT molecular complexity index is 761. The Morgan fingerprint density at radius 2 is 2.12 bits per heavy atom. The monoisotopic (exact) mass is 342 g/mol. The van der Waals surface area contributed by atoms with Crippen molar-refractivity contribution in [2.45, 2.75) is 19.9 Å². The smallest absolute Gasteiger partial charge is 0.345 e. The molecule has 2 fully saturated rings. The third-order valence-corrected chi connectivity index (χ3v) is 4.87. The first-order chi connectivity index (χ1) is 12.2. The molecular formula is C18H22N4O3. The van der Waals surface area contributed by atoms with Gasteiger partial charge in [-0.15, -0.1) is 5.10 Å². The standard InChI is InChI=1S/C18H22N4O3/c1-3-25-18(23)15-11-22(20-17(15)24-2)8-12-4-5-16(19-7-12)21-9-13-6-14(13)10-21/h4-5,7,11,13-14H,3,6,8-10H2,1-2H3/t13-,14?/m1/s1. The zero-order valence-corrected chi connectivity index (χ0v) is 14.5. The normalized spacial score (nSPS) is 21.1. The van der Waals surface area contributed by atoms with E-state index < -0.39 is 5.97 Å². The van der Waals surface area contributed by atoms with E-state index in [2.05, 4.69) is 27.1 Å². The first-order valence-corrected chi connectivity index (χ1v) is 8.66. The molecule has 0 radical (unpaired) electrons. The molecule has 0 bridgehead atoms. The summed E-state index contributed by atoms with van der Waals surface area (Å²) in [6, 6.07) is 4.12.